The molecule has 0 fully saturated rings. The Kier molecular flexibility index (Phi) is 4.70. The topological polar surface area (TPSA) is 55.8 Å². The molecule has 2 aromatic carbocycles. The second kappa shape index (κ2) is 6.50. The summed E-state index contributed by atoms with van der Waals surface area (Å²) in [4.78, 5) is 11.2. The van der Waals surface area contributed by atoms with Gasteiger partial charge in [0.05, 0.1) is 12.1 Å². The number of carboxylic acids is 1. The Morgan fingerprint density at radius 3 is 2.67 bits per heavy atom. The molecule has 0 atom stereocenters. The third-order valence-corrected chi connectivity index (χ3v) is 3.32. The summed E-state index contributed by atoms with van der Waals surface area (Å²) in [5, 5.41) is 9.35. The summed E-state index contributed by atoms with van der Waals surface area (Å²) in [5.41, 5.74) is 1.87. The number of rotatable bonds is 5. The molecule has 0 aliphatic heterocycles. The van der Waals surface area contributed by atoms with E-state index in [2.05, 4.69) is 0 Å². The first-order chi connectivity index (χ1) is 10.0. The first kappa shape index (κ1) is 15.2. The minimum absolute atomic E-state index is 0.0363. The number of hydrogen-bond acceptors (Lipinski definition) is 3. The molecule has 0 saturated heterocycles. The van der Waals surface area contributed by atoms with Gasteiger partial charge in [-0.2, -0.15) is 0 Å². The van der Waals surface area contributed by atoms with Gasteiger partial charge >= 0.3 is 5.97 Å². The zero-order chi connectivity index (χ0) is 15.4. The first-order valence-corrected chi connectivity index (χ1v) is 6.69. The molecular weight excluding hydrogens is 292 g/mol. The summed E-state index contributed by atoms with van der Waals surface area (Å²) < 4.78 is 10.9. The fourth-order valence-electron chi connectivity index (χ4n) is 2.01. The molecule has 0 amide bonds. The molecule has 0 spiro atoms. The monoisotopic (exact) mass is 306 g/mol. The summed E-state index contributed by atoms with van der Waals surface area (Å²) in [6.45, 7) is 2.16. The van der Waals surface area contributed by atoms with Gasteiger partial charge in [-0.1, -0.05) is 29.3 Å². The van der Waals surface area contributed by atoms with E-state index < -0.39 is 5.97 Å². The molecular formula is C16H15ClO4. The maximum Gasteiger partial charge on any atom is 0.341 e. The van der Waals surface area contributed by atoms with Crippen LogP contribution >= 0.6 is 11.6 Å². The lowest BCUT2D eigenvalue weighted by Crippen LogP contribution is -2.05. The zero-order valence-corrected chi connectivity index (χ0v) is 12.5. The van der Waals surface area contributed by atoms with Gasteiger partial charge in [0.1, 0.15) is 23.7 Å². The lowest BCUT2D eigenvalue weighted by atomic mass is 10.1. The van der Waals surface area contributed by atoms with Crippen molar-refractivity contribution >= 4 is 17.6 Å². The fraction of sp³-hybridized carbons (Fsp3) is 0.188. The summed E-state index contributed by atoms with van der Waals surface area (Å²) >= 11 is 5.90. The summed E-state index contributed by atoms with van der Waals surface area (Å²) in [6.07, 6.45) is 0. The van der Waals surface area contributed by atoms with E-state index >= 15 is 0 Å². The summed E-state index contributed by atoms with van der Waals surface area (Å²) in [6, 6.07) is 10.5. The van der Waals surface area contributed by atoms with Gasteiger partial charge in [0.15, 0.2) is 0 Å². The normalized spacial score (nSPS) is 10.2. The molecule has 2 rings (SSSR count). The molecule has 0 bridgehead atoms. The first-order valence-electron chi connectivity index (χ1n) is 6.31. The maximum atomic E-state index is 11.2. The number of benzene rings is 2. The van der Waals surface area contributed by atoms with E-state index in [1.165, 1.54) is 6.07 Å². The van der Waals surface area contributed by atoms with E-state index in [9.17, 15) is 9.90 Å². The summed E-state index contributed by atoms with van der Waals surface area (Å²) in [7, 11) is 1.58. The van der Waals surface area contributed by atoms with Gasteiger partial charge < -0.3 is 14.6 Å². The van der Waals surface area contributed by atoms with Crippen LogP contribution in [-0.4, -0.2) is 18.2 Å². The molecule has 21 heavy (non-hydrogen) atoms. The van der Waals surface area contributed by atoms with Crippen LogP contribution in [0.3, 0.4) is 0 Å². The van der Waals surface area contributed by atoms with Gasteiger partial charge in [0.25, 0.3) is 0 Å². The number of ether oxygens (including phenoxy) is 2. The molecule has 5 heteroatoms. The minimum atomic E-state index is -1.12. The molecule has 110 valence electrons. The summed E-state index contributed by atoms with van der Waals surface area (Å²) in [5.74, 6) is -0.190. The molecule has 0 unspecified atom stereocenters. The van der Waals surface area contributed by atoms with Crippen molar-refractivity contribution in [3.8, 4) is 11.5 Å². The Morgan fingerprint density at radius 1 is 1.24 bits per heavy atom. The minimum Gasteiger partial charge on any atom is -0.496 e. The predicted octanol–water partition coefficient (Wildman–Crippen LogP) is 3.93. The smallest absolute Gasteiger partial charge is 0.341 e. The van der Waals surface area contributed by atoms with Crippen LogP contribution in [0.2, 0.25) is 5.02 Å². The molecule has 0 heterocycles. The lowest BCUT2D eigenvalue weighted by molar-refractivity contribution is 0.0692. The standard InChI is InChI=1S/C16H15ClO4/c1-10-6-7-13(20-2)11(8-10)9-21-14-5-3-4-12(17)15(14)16(18)19/h3-8H,9H2,1-2H3,(H,18,19). The van der Waals surface area contributed by atoms with Crippen LogP contribution in [0.4, 0.5) is 0 Å². The molecule has 4 nitrogen and oxygen atoms in total. The van der Waals surface area contributed by atoms with Crippen LogP contribution in [0.1, 0.15) is 21.5 Å². The second-order valence-electron chi connectivity index (χ2n) is 4.52. The quantitative estimate of drug-likeness (QED) is 0.909. The second-order valence-corrected chi connectivity index (χ2v) is 4.93. The molecule has 0 aromatic heterocycles. The van der Waals surface area contributed by atoms with Crippen LogP contribution in [0.15, 0.2) is 36.4 Å². The number of methoxy groups -OCH3 is 1. The number of carboxylic acid groups (broad SMARTS) is 1. The Labute approximate surface area is 127 Å². The van der Waals surface area contributed by atoms with Crippen molar-refractivity contribution in [1.29, 1.82) is 0 Å². The van der Waals surface area contributed by atoms with Gasteiger partial charge in [-0.15, -0.1) is 0 Å². The van der Waals surface area contributed by atoms with Gasteiger partial charge in [-0.3, -0.25) is 0 Å². The lowest BCUT2D eigenvalue weighted by Gasteiger charge is -2.13. The Morgan fingerprint density at radius 2 is 2.00 bits per heavy atom. The van der Waals surface area contributed by atoms with E-state index in [1.807, 2.05) is 25.1 Å². The highest BCUT2D eigenvalue weighted by molar-refractivity contribution is 6.33. The van der Waals surface area contributed by atoms with Crippen LogP contribution in [0, 0.1) is 6.92 Å². The highest BCUT2D eigenvalue weighted by atomic mass is 35.5. The average Bonchev–Trinajstić information content (AvgIpc) is 2.44. The fourth-order valence-corrected chi connectivity index (χ4v) is 2.25. The highest BCUT2D eigenvalue weighted by Crippen LogP contribution is 2.28. The van der Waals surface area contributed by atoms with Gasteiger partial charge in [0.2, 0.25) is 0 Å². The van der Waals surface area contributed by atoms with Crippen molar-refractivity contribution in [2.24, 2.45) is 0 Å². The number of hydrogen-bond donors (Lipinski definition) is 1. The van der Waals surface area contributed by atoms with E-state index in [0.29, 0.717) is 5.75 Å². The average molecular weight is 307 g/mol. The van der Waals surface area contributed by atoms with Crippen molar-refractivity contribution in [2.75, 3.05) is 7.11 Å². The van der Waals surface area contributed by atoms with Gasteiger partial charge in [0, 0.05) is 5.56 Å². The zero-order valence-electron chi connectivity index (χ0n) is 11.7. The van der Waals surface area contributed by atoms with Crippen molar-refractivity contribution < 1.29 is 19.4 Å². The Bertz CT molecular complexity index is 667. The predicted molar refractivity (Wildman–Crippen MR) is 80.5 cm³/mol. The number of carbonyl (C=O) groups is 1. The maximum absolute atomic E-state index is 11.2. The van der Waals surface area contributed by atoms with Crippen molar-refractivity contribution in [1.82, 2.24) is 0 Å². The highest BCUT2D eigenvalue weighted by Gasteiger charge is 2.16. The van der Waals surface area contributed by atoms with Crippen LogP contribution < -0.4 is 9.47 Å². The molecule has 0 aliphatic carbocycles. The van der Waals surface area contributed by atoms with Gasteiger partial charge in [-0.05, 0) is 31.2 Å². The molecule has 2 aromatic rings. The largest absolute Gasteiger partial charge is 0.496 e. The van der Waals surface area contributed by atoms with Crippen LogP contribution in [0.5, 0.6) is 11.5 Å². The number of halogens is 1. The molecule has 0 aliphatic rings. The third-order valence-electron chi connectivity index (χ3n) is 3.01. The molecule has 0 radical (unpaired) electrons. The SMILES string of the molecule is COc1ccc(C)cc1COc1cccc(Cl)c1C(=O)O. The van der Waals surface area contributed by atoms with Crippen LogP contribution in [-0.2, 0) is 6.61 Å². The number of aromatic carboxylic acids is 1. The Balaban J connectivity index is 2.27. The number of aryl methyl sites for hydroxylation is 1. The van der Waals surface area contributed by atoms with Gasteiger partial charge in [-0.25, -0.2) is 4.79 Å². The third kappa shape index (κ3) is 3.47. The van der Waals surface area contributed by atoms with E-state index in [4.69, 9.17) is 21.1 Å². The van der Waals surface area contributed by atoms with E-state index in [1.54, 1.807) is 19.2 Å². The van der Waals surface area contributed by atoms with Crippen molar-refractivity contribution in [3.63, 3.8) is 0 Å². The Hall–Kier alpha value is -2.20. The van der Waals surface area contributed by atoms with E-state index in [0.717, 1.165) is 11.1 Å². The molecule has 1 N–H and O–H groups in total. The molecule has 0 saturated carbocycles. The van der Waals surface area contributed by atoms with Crippen molar-refractivity contribution in [3.05, 3.63) is 58.1 Å². The van der Waals surface area contributed by atoms with Crippen LogP contribution in [0.25, 0.3) is 0 Å². The van der Waals surface area contributed by atoms with E-state index in [-0.39, 0.29) is 22.9 Å². The van der Waals surface area contributed by atoms with Crippen molar-refractivity contribution in [2.45, 2.75) is 13.5 Å².